The molecular weight excluding hydrogens is 230 g/mol. The Hall–Kier alpha value is -1.39. The molecule has 1 aliphatic heterocycles. The van der Waals surface area contributed by atoms with Crippen LogP contribution in [-0.2, 0) is 11.3 Å². The quantitative estimate of drug-likeness (QED) is 0.867. The molecule has 4 nitrogen and oxygen atoms in total. The number of carboxylic acid groups (broad SMARTS) is 1. The number of rotatable bonds is 5. The fraction of sp³-hybridized carbons (Fsp3) is 0.500. The van der Waals surface area contributed by atoms with Crippen LogP contribution in [0.4, 0.5) is 0 Å². The molecule has 1 fully saturated rings. The Labute approximate surface area is 107 Å². The lowest BCUT2D eigenvalue weighted by molar-refractivity contribution is -0.131. The van der Waals surface area contributed by atoms with Crippen molar-refractivity contribution < 1.29 is 14.6 Å². The lowest BCUT2D eigenvalue weighted by Gasteiger charge is -2.47. The summed E-state index contributed by atoms with van der Waals surface area (Å²) in [6.07, 6.45) is 0. The summed E-state index contributed by atoms with van der Waals surface area (Å²) in [5.74, 6) is -0.875. The Morgan fingerprint density at radius 2 is 2.22 bits per heavy atom. The highest BCUT2D eigenvalue weighted by molar-refractivity contribution is 5.87. The van der Waals surface area contributed by atoms with Crippen LogP contribution in [0.2, 0.25) is 0 Å². The molecule has 0 atom stereocenters. The number of hydrogen-bond donors (Lipinski definition) is 1. The maximum Gasteiger partial charge on any atom is 0.335 e. The summed E-state index contributed by atoms with van der Waals surface area (Å²) in [7, 11) is 0. The Morgan fingerprint density at radius 3 is 2.83 bits per heavy atom. The van der Waals surface area contributed by atoms with Crippen LogP contribution in [0.3, 0.4) is 0 Å². The minimum atomic E-state index is -0.875. The lowest BCUT2D eigenvalue weighted by atomic mass is 9.95. The third-order valence-corrected chi connectivity index (χ3v) is 3.19. The molecule has 2 rings (SSSR count). The van der Waals surface area contributed by atoms with Crippen LogP contribution in [0, 0.1) is 0 Å². The summed E-state index contributed by atoms with van der Waals surface area (Å²) >= 11 is 0. The van der Waals surface area contributed by atoms with Gasteiger partial charge in [0.2, 0.25) is 0 Å². The smallest absolute Gasteiger partial charge is 0.335 e. The highest BCUT2D eigenvalue weighted by Crippen LogP contribution is 2.26. The standard InChI is InChI=1S/C14H19NO3/c1-3-18-14(2)9-15(10-14)8-11-5-4-6-12(7-11)13(16)17/h4-7H,3,8-10H2,1-2H3,(H,16,17). The highest BCUT2D eigenvalue weighted by Gasteiger charge is 2.38. The molecule has 4 heteroatoms. The van der Waals surface area contributed by atoms with Gasteiger partial charge in [-0.15, -0.1) is 0 Å². The second-order valence-corrected chi connectivity index (χ2v) is 5.03. The van der Waals surface area contributed by atoms with Crippen molar-refractivity contribution in [1.29, 1.82) is 0 Å². The van der Waals surface area contributed by atoms with E-state index < -0.39 is 5.97 Å². The summed E-state index contributed by atoms with van der Waals surface area (Å²) in [6.45, 7) is 7.43. The zero-order valence-corrected chi connectivity index (χ0v) is 10.8. The van der Waals surface area contributed by atoms with Crippen molar-refractivity contribution in [1.82, 2.24) is 4.90 Å². The second-order valence-electron chi connectivity index (χ2n) is 5.03. The van der Waals surface area contributed by atoms with Crippen molar-refractivity contribution in [3.63, 3.8) is 0 Å². The van der Waals surface area contributed by atoms with Crippen molar-refractivity contribution in [2.75, 3.05) is 19.7 Å². The maximum absolute atomic E-state index is 10.9. The first kappa shape index (κ1) is 13.1. The molecular formula is C14H19NO3. The third-order valence-electron chi connectivity index (χ3n) is 3.19. The van der Waals surface area contributed by atoms with Gasteiger partial charge in [-0.25, -0.2) is 4.79 Å². The molecule has 0 spiro atoms. The predicted molar refractivity (Wildman–Crippen MR) is 68.7 cm³/mol. The first-order valence-corrected chi connectivity index (χ1v) is 6.21. The van der Waals surface area contributed by atoms with Gasteiger partial charge in [0.25, 0.3) is 0 Å². The summed E-state index contributed by atoms with van der Waals surface area (Å²) in [5, 5.41) is 8.93. The molecule has 0 aliphatic carbocycles. The third kappa shape index (κ3) is 2.89. The average Bonchev–Trinajstić information content (AvgIpc) is 2.27. The van der Waals surface area contributed by atoms with Gasteiger partial charge in [0, 0.05) is 26.2 Å². The van der Waals surface area contributed by atoms with Crippen molar-refractivity contribution in [2.45, 2.75) is 26.0 Å². The minimum Gasteiger partial charge on any atom is -0.478 e. The van der Waals surface area contributed by atoms with E-state index in [1.165, 1.54) is 0 Å². The van der Waals surface area contributed by atoms with E-state index in [-0.39, 0.29) is 5.60 Å². The molecule has 1 heterocycles. The van der Waals surface area contributed by atoms with Gasteiger partial charge in [-0.3, -0.25) is 4.90 Å². The molecule has 0 unspecified atom stereocenters. The SMILES string of the molecule is CCOC1(C)CN(Cc2cccc(C(=O)O)c2)C1. The van der Waals surface area contributed by atoms with Crippen molar-refractivity contribution in [2.24, 2.45) is 0 Å². The van der Waals surface area contributed by atoms with Crippen LogP contribution >= 0.6 is 0 Å². The van der Waals surface area contributed by atoms with Gasteiger partial charge in [0.1, 0.15) is 0 Å². The maximum atomic E-state index is 10.9. The van der Waals surface area contributed by atoms with E-state index in [1.807, 2.05) is 13.0 Å². The highest BCUT2D eigenvalue weighted by atomic mass is 16.5. The number of hydrogen-bond acceptors (Lipinski definition) is 3. The molecule has 0 saturated carbocycles. The molecule has 0 amide bonds. The van der Waals surface area contributed by atoms with Gasteiger partial charge in [-0.2, -0.15) is 0 Å². The molecule has 18 heavy (non-hydrogen) atoms. The fourth-order valence-corrected chi connectivity index (χ4v) is 2.51. The van der Waals surface area contributed by atoms with Gasteiger partial charge in [-0.05, 0) is 31.5 Å². The van der Waals surface area contributed by atoms with Gasteiger partial charge >= 0.3 is 5.97 Å². The number of aromatic carboxylic acids is 1. The number of carboxylic acids is 1. The van der Waals surface area contributed by atoms with Crippen molar-refractivity contribution in [3.05, 3.63) is 35.4 Å². The molecule has 98 valence electrons. The van der Waals surface area contributed by atoms with Crippen LogP contribution in [0.1, 0.15) is 29.8 Å². The van der Waals surface area contributed by atoms with Crippen LogP contribution in [0.15, 0.2) is 24.3 Å². The van der Waals surface area contributed by atoms with E-state index in [0.29, 0.717) is 5.56 Å². The zero-order valence-electron chi connectivity index (χ0n) is 10.8. The Bertz CT molecular complexity index is 438. The summed E-state index contributed by atoms with van der Waals surface area (Å²) in [5.41, 5.74) is 1.35. The number of nitrogens with zero attached hydrogens (tertiary/aromatic N) is 1. The van der Waals surface area contributed by atoms with Gasteiger partial charge in [0.15, 0.2) is 0 Å². The molecule has 1 N–H and O–H groups in total. The number of carbonyl (C=O) groups is 1. The first-order valence-electron chi connectivity index (χ1n) is 6.21. The number of benzene rings is 1. The molecule has 1 aliphatic rings. The van der Waals surface area contributed by atoms with Crippen LogP contribution in [0.5, 0.6) is 0 Å². The summed E-state index contributed by atoms with van der Waals surface area (Å²) < 4.78 is 5.66. The van der Waals surface area contributed by atoms with E-state index >= 15 is 0 Å². The monoisotopic (exact) mass is 249 g/mol. The minimum absolute atomic E-state index is 0.0286. The van der Waals surface area contributed by atoms with Gasteiger partial charge < -0.3 is 9.84 Å². The molecule has 1 aromatic rings. The normalized spacial score (nSPS) is 18.3. The fourth-order valence-electron chi connectivity index (χ4n) is 2.51. The van der Waals surface area contributed by atoms with E-state index in [9.17, 15) is 4.79 Å². The van der Waals surface area contributed by atoms with Crippen LogP contribution < -0.4 is 0 Å². The Balaban J connectivity index is 1.92. The van der Waals surface area contributed by atoms with Crippen molar-refractivity contribution >= 4 is 5.97 Å². The zero-order chi connectivity index (χ0) is 13.2. The van der Waals surface area contributed by atoms with Gasteiger partial charge in [0.05, 0.1) is 11.2 Å². The molecule has 0 bridgehead atoms. The molecule has 0 aromatic heterocycles. The largest absolute Gasteiger partial charge is 0.478 e. The predicted octanol–water partition coefficient (Wildman–Crippen LogP) is 2.00. The molecule has 0 radical (unpaired) electrons. The second kappa shape index (κ2) is 5.08. The van der Waals surface area contributed by atoms with Crippen molar-refractivity contribution in [3.8, 4) is 0 Å². The number of likely N-dealkylation sites (tertiary alicyclic amines) is 1. The average molecular weight is 249 g/mol. The Kier molecular flexibility index (Phi) is 3.68. The van der Waals surface area contributed by atoms with E-state index in [4.69, 9.17) is 9.84 Å². The number of ether oxygens (including phenoxy) is 1. The van der Waals surface area contributed by atoms with Crippen LogP contribution in [0.25, 0.3) is 0 Å². The molecule has 1 saturated heterocycles. The first-order chi connectivity index (χ1) is 8.52. The topological polar surface area (TPSA) is 49.8 Å². The van der Waals surface area contributed by atoms with E-state index in [2.05, 4.69) is 11.8 Å². The van der Waals surface area contributed by atoms with E-state index in [1.54, 1.807) is 18.2 Å². The van der Waals surface area contributed by atoms with Gasteiger partial charge in [-0.1, -0.05) is 12.1 Å². The van der Waals surface area contributed by atoms with E-state index in [0.717, 1.165) is 31.8 Å². The summed E-state index contributed by atoms with van der Waals surface area (Å²) in [4.78, 5) is 13.1. The molecule has 1 aromatic carbocycles. The van der Waals surface area contributed by atoms with Crippen LogP contribution in [-0.4, -0.2) is 41.3 Å². The lowest BCUT2D eigenvalue weighted by Crippen LogP contribution is -2.60. The summed E-state index contributed by atoms with van der Waals surface area (Å²) in [6, 6.07) is 7.11. The Morgan fingerprint density at radius 1 is 1.50 bits per heavy atom.